The number of hydrogen-bond acceptors (Lipinski definition) is 10. The van der Waals surface area contributed by atoms with Crippen molar-refractivity contribution in [2.75, 3.05) is 19.8 Å². The number of amides is 1. The Balaban J connectivity index is 1.91. The predicted molar refractivity (Wildman–Crippen MR) is 334 cm³/mol. The van der Waals surface area contributed by atoms with Gasteiger partial charge in [-0.25, -0.2) is 0 Å². The van der Waals surface area contributed by atoms with E-state index in [1.54, 1.807) is 6.08 Å². The van der Waals surface area contributed by atoms with Gasteiger partial charge in [0.1, 0.15) is 24.4 Å². The highest BCUT2D eigenvalue weighted by molar-refractivity contribution is 5.76. The van der Waals surface area contributed by atoms with Crippen LogP contribution >= 0.6 is 0 Å². The number of aliphatic hydroxyl groups excluding tert-OH is 5. The molecule has 0 radical (unpaired) electrons. The fourth-order valence-electron chi connectivity index (χ4n) is 10.8. The Morgan fingerprint density at radius 1 is 0.463 bits per heavy atom. The predicted octanol–water partition coefficient (Wildman–Crippen LogP) is 17.0. The largest absolute Gasteiger partial charge is 0.466 e. The maximum absolute atomic E-state index is 13.0. The molecule has 0 saturated carbocycles. The van der Waals surface area contributed by atoms with Gasteiger partial charge in [0.15, 0.2) is 6.29 Å². The fraction of sp³-hybridized carbons (Fsp3) is 0.884. The molecule has 11 nitrogen and oxygen atoms in total. The molecule has 0 spiro atoms. The summed E-state index contributed by atoms with van der Waals surface area (Å²) < 4.78 is 16.7. The van der Waals surface area contributed by atoms with Crippen molar-refractivity contribution in [1.82, 2.24) is 5.32 Å². The summed E-state index contributed by atoms with van der Waals surface area (Å²) in [5.74, 6) is -0.183. The fourth-order valence-corrected chi connectivity index (χ4v) is 10.8. The molecule has 1 aliphatic rings. The molecule has 1 aliphatic heterocycles. The van der Waals surface area contributed by atoms with Crippen LogP contribution in [0, 0.1) is 0 Å². The minimum Gasteiger partial charge on any atom is -0.466 e. The zero-order valence-electron chi connectivity index (χ0n) is 52.1. The van der Waals surface area contributed by atoms with E-state index in [1.165, 1.54) is 238 Å². The second-order valence-electron chi connectivity index (χ2n) is 23.9. The van der Waals surface area contributed by atoms with E-state index in [0.29, 0.717) is 19.4 Å². The van der Waals surface area contributed by atoms with Gasteiger partial charge in [0, 0.05) is 12.8 Å². The molecule has 470 valence electrons. The quantitative estimate of drug-likeness (QED) is 0.0195. The Hall–Kier alpha value is -2.12. The van der Waals surface area contributed by atoms with E-state index < -0.39 is 49.5 Å². The monoisotopic (exact) mass is 1130 g/mol. The van der Waals surface area contributed by atoms with E-state index in [-0.39, 0.29) is 18.5 Å². The van der Waals surface area contributed by atoms with Crippen molar-refractivity contribution in [1.29, 1.82) is 0 Å². The lowest BCUT2D eigenvalue weighted by atomic mass is 9.99. The smallest absolute Gasteiger partial charge is 0.305 e. The summed E-state index contributed by atoms with van der Waals surface area (Å²) in [6.07, 6.45) is 64.4. The number of aliphatic hydroxyl groups is 5. The van der Waals surface area contributed by atoms with Gasteiger partial charge in [0.05, 0.1) is 32.0 Å². The van der Waals surface area contributed by atoms with Crippen LogP contribution in [0.2, 0.25) is 0 Å². The lowest BCUT2D eigenvalue weighted by molar-refractivity contribution is -0.302. The maximum Gasteiger partial charge on any atom is 0.305 e. The van der Waals surface area contributed by atoms with Crippen LogP contribution in [0.15, 0.2) is 36.5 Å². The molecular formula is C69H129NO10. The molecule has 0 aromatic rings. The van der Waals surface area contributed by atoms with Crippen molar-refractivity contribution in [2.45, 2.75) is 371 Å². The van der Waals surface area contributed by atoms with Gasteiger partial charge in [-0.3, -0.25) is 9.59 Å². The molecule has 0 bridgehead atoms. The minimum atomic E-state index is -1.57. The van der Waals surface area contributed by atoms with Gasteiger partial charge in [-0.2, -0.15) is 0 Å². The van der Waals surface area contributed by atoms with E-state index in [4.69, 9.17) is 14.2 Å². The van der Waals surface area contributed by atoms with Crippen molar-refractivity contribution < 1.29 is 49.3 Å². The molecule has 1 rings (SSSR count). The minimum absolute atomic E-state index is 0.00360. The normalized spacial score (nSPS) is 18.5. The van der Waals surface area contributed by atoms with Crippen molar-refractivity contribution >= 4 is 11.9 Å². The number of hydrogen-bond donors (Lipinski definition) is 6. The molecule has 80 heavy (non-hydrogen) atoms. The van der Waals surface area contributed by atoms with Crippen LogP contribution in [0.1, 0.15) is 328 Å². The molecule has 1 amide bonds. The standard InChI is InChI=1S/C69H129NO10/c1-3-5-7-9-11-13-14-33-37-41-45-49-53-57-65(74)78-58-54-50-46-42-38-35-32-30-28-26-24-22-20-18-16-15-17-19-21-23-25-27-29-31-34-36-40-44-48-52-56-64(73)70-61(62(72)55-51-47-43-39-12-10-8-6-4-2)60-79-69-68(77)67(76)66(75)63(59-71)80-69/h7,9,13-14,51,55,61-63,66-69,71-72,75-77H,3-6,8,10-12,15-50,52-54,56-60H2,1-2H3,(H,70,73)/b9-7-,14-13-,55-51+. The average molecular weight is 1130 g/mol. The van der Waals surface area contributed by atoms with Crippen LogP contribution < -0.4 is 5.32 Å². The topological polar surface area (TPSA) is 175 Å². The number of nitrogens with one attached hydrogen (secondary N) is 1. The van der Waals surface area contributed by atoms with Crippen LogP contribution in [0.5, 0.6) is 0 Å². The number of allylic oxidation sites excluding steroid dienone is 5. The molecule has 1 fully saturated rings. The van der Waals surface area contributed by atoms with E-state index in [0.717, 1.165) is 64.2 Å². The summed E-state index contributed by atoms with van der Waals surface area (Å²) >= 11 is 0. The zero-order valence-corrected chi connectivity index (χ0v) is 52.1. The highest BCUT2D eigenvalue weighted by Gasteiger charge is 2.44. The summed E-state index contributed by atoms with van der Waals surface area (Å²) in [5, 5.41) is 54.3. The first-order chi connectivity index (χ1) is 39.2. The third kappa shape index (κ3) is 47.3. The molecular weight excluding hydrogens is 1000 g/mol. The Bertz CT molecular complexity index is 1420. The molecule has 7 atom stereocenters. The van der Waals surface area contributed by atoms with Gasteiger partial charge < -0.3 is 45.1 Å². The Labute approximate surface area is 492 Å². The summed E-state index contributed by atoms with van der Waals surface area (Å²) in [7, 11) is 0. The average Bonchev–Trinajstić information content (AvgIpc) is 3.45. The van der Waals surface area contributed by atoms with E-state index in [1.807, 2.05) is 6.08 Å². The van der Waals surface area contributed by atoms with Gasteiger partial charge in [-0.05, 0) is 57.8 Å². The SMILES string of the molecule is CCC/C=C\C/C=C\CCCCCCCC(=O)OCCCCCCCCCCCCCCCCCCCCCCCCCCCCCCCCC(=O)NC(COC1OC(CO)C(O)C(O)C1O)C(O)/C=C/CCCCCCCCC. The van der Waals surface area contributed by atoms with Gasteiger partial charge in [0.2, 0.25) is 5.91 Å². The first kappa shape index (κ1) is 75.9. The molecule has 7 unspecified atom stereocenters. The lowest BCUT2D eigenvalue weighted by Gasteiger charge is -2.40. The molecule has 0 aromatic carbocycles. The summed E-state index contributed by atoms with van der Waals surface area (Å²) in [6, 6.07) is -0.805. The van der Waals surface area contributed by atoms with E-state index in [9.17, 15) is 35.1 Å². The van der Waals surface area contributed by atoms with Crippen molar-refractivity contribution in [2.24, 2.45) is 0 Å². The molecule has 1 saturated heterocycles. The van der Waals surface area contributed by atoms with Crippen LogP contribution in [0.3, 0.4) is 0 Å². The first-order valence-corrected chi connectivity index (χ1v) is 34.3. The zero-order chi connectivity index (χ0) is 58.0. The highest BCUT2D eigenvalue weighted by atomic mass is 16.7. The van der Waals surface area contributed by atoms with Crippen LogP contribution in [-0.2, 0) is 23.8 Å². The molecule has 0 aliphatic carbocycles. The number of unbranched alkanes of at least 4 members (excludes halogenated alkanes) is 42. The molecule has 1 heterocycles. The molecule has 6 N–H and O–H groups in total. The van der Waals surface area contributed by atoms with E-state index >= 15 is 0 Å². The second-order valence-corrected chi connectivity index (χ2v) is 23.9. The van der Waals surface area contributed by atoms with Crippen LogP contribution in [-0.4, -0.2) is 100 Å². The number of rotatable bonds is 60. The lowest BCUT2D eigenvalue weighted by Crippen LogP contribution is -2.60. The summed E-state index contributed by atoms with van der Waals surface area (Å²) in [5.41, 5.74) is 0. The molecule has 0 aromatic heterocycles. The van der Waals surface area contributed by atoms with Gasteiger partial charge in [0.25, 0.3) is 0 Å². The van der Waals surface area contributed by atoms with Gasteiger partial charge in [-0.15, -0.1) is 0 Å². The maximum atomic E-state index is 13.0. The van der Waals surface area contributed by atoms with Crippen molar-refractivity contribution in [3.63, 3.8) is 0 Å². The second kappa shape index (κ2) is 58.6. The third-order valence-electron chi connectivity index (χ3n) is 16.2. The first-order valence-electron chi connectivity index (χ1n) is 34.3. The number of esters is 1. The third-order valence-corrected chi connectivity index (χ3v) is 16.2. The Morgan fingerprint density at radius 3 is 1.31 bits per heavy atom. The van der Waals surface area contributed by atoms with Crippen LogP contribution in [0.4, 0.5) is 0 Å². The van der Waals surface area contributed by atoms with Crippen molar-refractivity contribution in [3.8, 4) is 0 Å². The number of ether oxygens (including phenoxy) is 3. The summed E-state index contributed by atoms with van der Waals surface area (Å²) in [6.45, 7) is 4.27. The van der Waals surface area contributed by atoms with Crippen LogP contribution in [0.25, 0.3) is 0 Å². The Kier molecular flexibility index (Phi) is 55.6. The Morgan fingerprint density at radius 2 is 0.863 bits per heavy atom. The number of carbonyl (C=O) groups is 2. The number of carbonyl (C=O) groups excluding carboxylic acids is 2. The van der Waals surface area contributed by atoms with Gasteiger partial charge >= 0.3 is 5.97 Å². The molecule has 11 heteroatoms. The van der Waals surface area contributed by atoms with Crippen molar-refractivity contribution in [3.05, 3.63) is 36.5 Å². The highest BCUT2D eigenvalue weighted by Crippen LogP contribution is 2.23. The van der Waals surface area contributed by atoms with Gasteiger partial charge in [-0.1, -0.05) is 294 Å². The van der Waals surface area contributed by atoms with E-state index in [2.05, 4.69) is 43.5 Å². The summed E-state index contributed by atoms with van der Waals surface area (Å²) in [4.78, 5) is 25.1.